The molecule has 0 aliphatic rings. The van der Waals surface area contributed by atoms with Crippen molar-refractivity contribution in [2.75, 3.05) is 0 Å². The molecule has 96 valence electrons. The molecule has 1 aromatic carbocycles. The van der Waals surface area contributed by atoms with Gasteiger partial charge in [0, 0.05) is 28.3 Å². The van der Waals surface area contributed by atoms with E-state index in [0.717, 1.165) is 21.3 Å². The highest BCUT2D eigenvalue weighted by atomic mass is 35.5. The van der Waals surface area contributed by atoms with Gasteiger partial charge in [-0.2, -0.15) is 0 Å². The van der Waals surface area contributed by atoms with Crippen LogP contribution in [-0.4, -0.2) is 10.1 Å². The summed E-state index contributed by atoms with van der Waals surface area (Å²) in [6, 6.07) is 11.7. The molecule has 0 bridgehead atoms. The van der Waals surface area contributed by atoms with E-state index in [-0.39, 0.29) is 0 Å². The van der Waals surface area contributed by atoms with E-state index in [1.807, 2.05) is 41.8 Å². The summed E-state index contributed by atoms with van der Waals surface area (Å²) < 4.78 is 0. The maximum atomic E-state index is 10.3. The van der Waals surface area contributed by atoms with Crippen LogP contribution in [0.3, 0.4) is 0 Å². The van der Waals surface area contributed by atoms with Crippen molar-refractivity contribution < 1.29 is 5.11 Å². The molecule has 0 amide bonds. The second kappa shape index (κ2) is 5.29. The maximum absolute atomic E-state index is 10.3. The van der Waals surface area contributed by atoms with Crippen molar-refractivity contribution >= 4 is 33.8 Å². The molecule has 1 atom stereocenters. The number of halogens is 1. The van der Waals surface area contributed by atoms with Crippen LogP contribution in [0.2, 0.25) is 5.02 Å². The van der Waals surface area contributed by atoms with Crippen LogP contribution in [0.25, 0.3) is 10.9 Å². The number of benzene rings is 1. The first-order chi connectivity index (χ1) is 9.24. The Labute approximate surface area is 120 Å². The van der Waals surface area contributed by atoms with Crippen LogP contribution in [0.15, 0.2) is 48.0 Å². The summed E-state index contributed by atoms with van der Waals surface area (Å²) in [5.41, 5.74) is 2.05. The van der Waals surface area contributed by atoms with Gasteiger partial charge in [0.15, 0.2) is 0 Å². The Bertz CT molecular complexity index is 705. The predicted octanol–water partition coefficient (Wildman–Crippen LogP) is 4.23. The van der Waals surface area contributed by atoms with Gasteiger partial charge in [-0.1, -0.05) is 29.8 Å². The normalized spacial score (nSPS) is 12.7. The molecule has 2 nitrogen and oxygen atoms in total. The SMILES string of the molecule is OC(Cc1ccnc2ccccc12)c1cc(Cl)cs1. The largest absolute Gasteiger partial charge is 0.387 e. The number of hydrogen-bond donors (Lipinski definition) is 1. The minimum atomic E-state index is -0.525. The summed E-state index contributed by atoms with van der Waals surface area (Å²) in [6.07, 6.45) is 1.83. The summed E-state index contributed by atoms with van der Waals surface area (Å²) >= 11 is 7.38. The maximum Gasteiger partial charge on any atom is 0.0922 e. The van der Waals surface area contributed by atoms with Crippen molar-refractivity contribution in [3.8, 4) is 0 Å². The molecule has 0 aliphatic heterocycles. The topological polar surface area (TPSA) is 33.1 Å². The highest BCUT2D eigenvalue weighted by Gasteiger charge is 2.12. The number of aliphatic hydroxyl groups excluding tert-OH is 1. The minimum Gasteiger partial charge on any atom is -0.387 e. The fourth-order valence-electron chi connectivity index (χ4n) is 2.14. The molecule has 3 rings (SSSR count). The van der Waals surface area contributed by atoms with E-state index in [9.17, 15) is 5.11 Å². The average Bonchev–Trinajstić information content (AvgIpc) is 2.86. The molecular weight excluding hydrogens is 278 g/mol. The Morgan fingerprint density at radius 1 is 1.26 bits per heavy atom. The number of aromatic nitrogens is 1. The van der Waals surface area contributed by atoms with Crippen molar-refractivity contribution in [1.82, 2.24) is 4.98 Å². The van der Waals surface area contributed by atoms with E-state index in [1.54, 1.807) is 6.20 Å². The van der Waals surface area contributed by atoms with Crippen molar-refractivity contribution in [2.24, 2.45) is 0 Å². The lowest BCUT2D eigenvalue weighted by Gasteiger charge is -2.10. The lowest BCUT2D eigenvalue weighted by molar-refractivity contribution is 0.182. The highest BCUT2D eigenvalue weighted by molar-refractivity contribution is 7.10. The molecule has 0 fully saturated rings. The van der Waals surface area contributed by atoms with Gasteiger partial charge in [-0.25, -0.2) is 0 Å². The third kappa shape index (κ3) is 2.63. The molecule has 0 radical (unpaired) electrons. The minimum absolute atomic E-state index is 0.525. The van der Waals surface area contributed by atoms with Crippen LogP contribution in [0.1, 0.15) is 16.5 Å². The summed E-state index contributed by atoms with van der Waals surface area (Å²) in [5, 5.41) is 13.9. The highest BCUT2D eigenvalue weighted by Crippen LogP contribution is 2.29. The first kappa shape index (κ1) is 12.6. The molecule has 4 heteroatoms. The quantitative estimate of drug-likeness (QED) is 0.783. The Hall–Kier alpha value is -1.42. The second-order valence-electron chi connectivity index (χ2n) is 4.37. The third-order valence-electron chi connectivity index (χ3n) is 3.07. The Morgan fingerprint density at radius 3 is 2.89 bits per heavy atom. The first-order valence-electron chi connectivity index (χ1n) is 5.98. The van der Waals surface area contributed by atoms with Gasteiger partial charge in [0.1, 0.15) is 0 Å². The number of aliphatic hydroxyl groups is 1. The molecule has 19 heavy (non-hydrogen) atoms. The van der Waals surface area contributed by atoms with Gasteiger partial charge in [-0.3, -0.25) is 4.98 Å². The van der Waals surface area contributed by atoms with Crippen molar-refractivity contribution in [3.63, 3.8) is 0 Å². The van der Waals surface area contributed by atoms with Gasteiger partial charge in [-0.05, 0) is 23.8 Å². The Balaban J connectivity index is 1.93. The Morgan fingerprint density at radius 2 is 2.11 bits per heavy atom. The second-order valence-corrected chi connectivity index (χ2v) is 5.75. The number of para-hydroxylation sites is 1. The van der Waals surface area contributed by atoms with Gasteiger partial charge in [0.25, 0.3) is 0 Å². The monoisotopic (exact) mass is 289 g/mol. The van der Waals surface area contributed by atoms with Crippen molar-refractivity contribution in [2.45, 2.75) is 12.5 Å². The Kier molecular flexibility index (Phi) is 3.51. The van der Waals surface area contributed by atoms with Crippen LogP contribution in [0.4, 0.5) is 0 Å². The number of pyridine rings is 1. The van der Waals surface area contributed by atoms with Gasteiger partial charge >= 0.3 is 0 Å². The van der Waals surface area contributed by atoms with E-state index in [4.69, 9.17) is 11.6 Å². The molecular formula is C15H12ClNOS. The summed E-state index contributed by atoms with van der Waals surface area (Å²) in [4.78, 5) is 5.22. The van der Waals surface area contributed by atoms with Crippen LogP contribution < -0.4 is 0 Å². The van der Waals surface area contributed by atoms with Crippen molar-refractivity contribution in [1.29, 1.82) is 0 Å². The zero-order valence-corrected chi connectivity index (χ0v) is 11.7. The zero-order chi connectivity index (χ0) is 13.2. The lowest BCUT2D eigenvalue weighted by atomic mass is 10.0. The predicted molar refractivity (Wildman–Crippen MR) is 79.7 cm³/mol. The van der Waals surface area contributed by atoms with Crippen LogP contribution in [-0.2, 0) is 6.42 Å². The number of thiophene rings is 1. The summed E-state index contributed by atoms with van der Waals surface area (Å²) in [5.74, 6) is 0. The number of rotatable bonds is 3. The number of fused-ring (bicyclic) bond motifs is 1. The number of nitrogens with zero attached hydrogens (tertiary/aromatic N) is 1. The molecule has 1 N–H and O–H groups in total. The fraction of sp³-hybridized carbons (Fsp3) is 0.133. The average molecular weight is 290 g/mol. The van der Waals surface area contributed by atoms with E-state index in [0.29, 0.717) is 11.4 Å². The van der Waals surface area contributed by atoms with Crippen molar-refractivity contribution in [3.05, 3.63) is 63.4 Å². The van der Waals surface area contributed by atoms with Crippen LogP contribution in [0.5, 0.6) is 0 Å². The van der Waals surface area contributed by atoms with E-state index in [2.05, 4.69) is 4.98 Å². The summed E-state index contributed by atoms with van der Waals surface area (Å²) in [7, 11) is 0. The first-order valence-corrected chi connectivity index (χ1v) is 7.24. The van der Waals surface area contributed by atoms with E-state index in [1.165, 1.54) is 11.3 Å². The third-order valence-corrected chi connectivity index (χ3v) is 4.45. The summed E-state index contributed by atoms with van der Waals surface area (Å²) in [6.45, 7) is 0. The molecule has 2 heterocycles. The van der Waals surface area contributed by atoms with Gasteiger partial charge in [-0.15, -0.1) is 11.3 Å². The lowest BCUT2D eigenvalue weighted by Crippen LogP contribution is -2.00. The zero-order valence-electron chi connectivity index (χ0n) is 10.1. The molecule has 2 aromatic heterocycles. The van der Waals surface area contributed by atoms with Gasteiger partial charge in [0.05, 0.1) is 16.6 Å². The molecule has 0 aliphatic carbocycles. The molecule has 1 unspecified atom stereocenters. The molecule has 0 saturated heterocycles. The van der Waals surface area contributed by atoms with E-state index < -0.39 is 6.10 Å². The fourth-order valence-corrected chi connectivity index (χ4v) is 3.21. The van der Waals surface area contributed by atoms with Gasteiger partial charge in [0.2, 0.25) is 0 Å². The standard InChI is InChI=1S/C15H12ClNOS/c16-11-8-15(19-9-11)14(18)7-10-5-6-17-13-4-2-1-3-12(10)13/h1-6,8-9,14,18H,7H2. The van der Waals surface area contributed by atoms with E-state index >= 15 is 0 Å². The van der Waals surface area contributed by atoms with Gasteiger partial charge < -0.3 is 5.11 Å². The van der Waals surface area contributed by atoms with Crippen LogP contribution in [0, 0.1) is 0 Å². The molecule has 0 spiro atoms. The smallest absolute Gasteiger partial charge is 0.0922 e. The number of hydrogen-bond acceptors (Lipinski definition) is 3. The molecule has 3 aromatic rings. The van der Waals surface area contributed by atoms with Crippen LogP contribution >= 0.6 is 22.9 Å². The molecule has 0 saturated carbocycles.